The summed E-state index contributed by atoms with van der Waals surface area (Å²) in [5.41, 5.74) is 3.18. The Labute approximate surface area is 118 Å². The Morgan fingerprint density at radius 2 is 1.80 bits per heavy atom. The Morgan fingerprint density at radius 3 is 2.65 bits per heavy atom. The molecule has 0 fully saturated rings. The Bertz CT molecular complexity index is 694. The summed E-state index contributed by atoms with van der Waals surface area (Å²) in [5, 5.41) is 11.4. The molecule has 1 atom stereocenters. The second-order valence-electron chi connectivity index (χ2n) is 5.00. The molecule has 0 aliphatic heterocycles. The Kier molecular flexibility index (Phi) is 3.75. The number of benzene rings is 2. The maximum Gasteiger partial charge on any atom is 0.0793 e. The molecule has 2 nitrogen and oxygen atoms in total. The number of hydrogen-bond donors (Lipinski definition) is 1. The summed E-state index contributed by atoms with van der Waals surface area (Å²) in [6.45, 7) is 0. The Hall–Kier alpha value is -2.19. The van der Waals surface area contributed by atoms with E-state index in [1.54, 1.807) is 6.20 Å². The molecular weight excluding hydrogens is 246 g/mol. The van der Waals surface area contributed by atoms with Crippen molar-refractivity contribution < 1.29 is 5.11 Å². The van der Waals surface area contributed by atoms with E-state index in [9.17, 15) is 5.11 Å². The molecule has 0 aliphatic carbocycles. The van der Waals surface area contributed by atoms with Gasteiger partial charge in [0.15, 0.2) is 0 Å². The van der Waals surface area contributed by atoms with Gasteiger partial charge in [0.2, 0.25) is 0 Å². The lowest BCUT2D eigenvalue weighted by molar-refractivity contribution is 0.168. The zero-order chi connectivity index (χ0) is 13.8. The van der Waals surface area contributed by atoms with E-state index in [1.165, 1.54) is 5.56 Å². The van der Waals surface area contributed by atoms with Crippen LogP contribution in [0, 0.1) is 0 Å². The first kappa shape index (κ1) is 12.8. The summed E-state index contributed by atoms with van der Waals surface area (Å²) < 4.78 is 0. The van der Waals surface area contributed by atoms with Crippen LogP contribution < -0.4 is 0 Å². The quantitative estimate of drug-likeness (QED) is 0.774. The van der Waals surface area contributed by atoms with Crippen LogP contribution in [-0.4, -0.2) is 10.1 Å². The number of aromatic nitrogens is 1. The smallest absolute Gasteiger partial charge is 0.0793 e. The van der Waals surface area contributed by atoms with Crippen LogP contribution in [0.3, 0.4) is 0 Å². The van der Waals surface area contributed by atoms with Gasteiger partial charge in [-0.3, -0.25) is 4.98 Å². The minimum atomic E-state index is -0.431. The van der Waals surface area contributed by atoms with E-state index >= 15 is 0 Å². The number of rotatable bonds is 4. The van der Waals surface area contributed by atoms with Crippen LogP contribution in [0.2, 0.25) is 0 Å². The fourth-order valence-electron chi connectivity index (χ4n) is 2.42. The van der Waals surface area contributed by atoms with Gasteiger partial charge in [0.05, 0.1) is 11.6 Å². The number of fused-ring (bicyclic) bond motifs is 1. The third kappa shape index (κ3) is 2.86. The third-order valence-electron chi connectivity index (χ3n) is 3.56. The Morgan fingerprint density at radius 1 is 0.950 bits per heavy atom. The van der Waals surface area contributed by atoms with Crippen molar-refractivity contribution in [2.45, 2.75) is 18.9 Å². The molecule has 0 saturated carbocycles. The SMILES string of the molecule is OC(CCc1ccccc1)c1ccc2ncccc2c1. The molecule has 0 bridgehead atoms. The molecule has 0 saturated heterocycles. The predicted octanol–water partition coefficient (Wildman–Crippen LogP) is 3.90. The van der Waals surface area contributed by atoms with E-state index in [4.69, 9.17) is 0 Å². The van der Waals surface area contributed by atoms with Gasteiger partial charge in [-0.25, -0.2) is 0 Å². The van der Waals surface area contributed by atoms with Gasteiger partial charge in [-0.1, -0.05) is 42.5 Å². The van der Waals surface area contributed by atoms with Crippen molar-refractivity contribution >= 4 is 10.9 Å². The van der Waals surface area contributed by atoms with Crippen LogP contribution in [0.5, 0.6) is 0 Å². The standard InChI is InChI=1S/C18H17NO/c20-18(11-8-14-5-2-1-3-6-14)16-9-10-17-15(13-16)7-4-12-19-17/h1-7,9-10,12-13,18,20H,8,11H2. The number of nitrogens with zero attached hydrogens (tertiary/aromatic N) is 1. The molecule has 1 aromatic heterocycles. The first-order valence-corrected chi connectivity index (χ1v) is 6.89. The normalized spacial score (nSPS) is 12.4. The largest absolute Gasteiger partial charge is 0.388 e. The first-order chi connectivity index (χ1) is 9.83. The molecule has 1 unspecified atom stereocenters. The number of aryl methyl sites for hydroxylation is 1. The minimum Gasteiger partial charge on any atom is -0.388 e. The van der Waals surface area contributed by atoms with Gasteiger partial charge in [0.25, 0.3) is 0 Å². The average Bonchev–Trinajstić information content (AvgIpc) is 2.53. The van der Waals surface area contributed by atoms with Gasteiger partial charge in [-0.2, -0.15) is 0 Å². The summed E-state index contributed by atoms with van der Waals surface area (Å²) in [4.78, 5) is 4.29. The molecule has 0 aliphatic rings. The molecule has 0 spiro atoms. The maximum atomic E-state index is 10.3. The van der Waals surface area contributed by atoms with Gasteiger partial charge in [0.1, 0.15) is 0 Å². The van der Waals surface area contributed by atoms with Crippen molar-refractivity contribution in [1.29, 1.82) is 0 Å². The second kappa shape index (κ2) is 5.85. The topological polar surface area (TPSA) is 33.1 Å². The molecule has 1 heterocycles. The monoisotopic (exact) mass is 263 g/mol. The zero-order valence-electron chi connectivity index (χ0n) is 11.2. The van der Waals surface area contributed by atoms with E-state index in [-0.39, 0.29) is 0 Å². The van der Waals surface area contributed by atoms with Crippen LogP contribution in [0.15, 0.2) is 66.9 Å². The number of aliphatic hydroxyl groups excluding tert-OH is 1. The van der Waals surface area contributed by atoms with Gasteiger partial charge >= 0.3 is 0 Å². The summed E-state index contributed by atoms with van der Waals surface area (Å²) in [5.74, 6) is 0. The van der Waals surface area contributed by atoms with E-state index in [0.29, 0.717) is 0 Å². The highest BCUT2D eigenvalue weighted by Crippen LogP contribution is 2.22. The highest BCUT2D eigenvalue weighted by Gasteiger charge is 2.08. The third-order valence-corrected chi connectivity index (χ3v) is 3.56. The number of pyridine rings is 1. The van der Waals surface area contributed by atoms with Crippen molar-refractivity contribution in [1.82, 2.24) is 4.98 Å². The van der Waals surface area contributed by atoms with E-state index < -0.39 is 6.10 Å². The summed E-state index contributed by atoms with van der Waals surface area (Å²) in [6.07, 6.45) is 2.97. The lowest BCUT2D eigenvalue weighted by Crippen LogP contribution is -1.99. The number of hydrogen-bond acceptors (Lipinski definition) is 2. The summed E-state index contributed by atoms with van der Waals surface area (Å²) in [7, 11) is 0. The van der Waals surface area contributed by atoms with E-state index in [2.05, 4.69) is 17.1 Å². The van der Waals surface area contributed by atoms with Gasteiger partial charge in [-0.15, -0.1) is 0 Å². The fourth-order valence-corrected chi connectivity index (χ4v) is 2.42. The molecule has 0 radical (unpaired) electrons. The highest BCUT2D eigenvalue weighted by molar-refractivity contribution is 5.78. The molecule has 1 N–H and O–H groups in total. The van der Waals surface area contributed by atoms with Crippen molar-refractivity contribution in [2.75, 3.05) is 0 Å². The highest BCUT2D eigenvalue weighted by atomic mass is 16.3. The van der Waals surface area contributed by atoms with Crippen molar-refractivity contribution in [3.63, 3.8) is 0 Å². The van der Waals surface area contributed by atoms with Crippen LogP contribution in [0.4, 0.5) is 0 Å². The molecule has 0 amide bonds. The molecule has 2 aromatic carbocycles. The van der Waals surface area contributed by atoms with Crippen LogP contribution in [0.25, 0.3) is 10.9 Å². The first-order valence-electron chi connectivity index (χ1n) is 6.89. The zero-order valence-corrected chi connectivity index (χ0v) is 11.2. The Balaban J connectivity index is 1.73. The van der Waals surface area contributed by atoms with Crippen molar-refractivity contribution in [3.05, 3.63) is 78.0 Å². The molecular formula is C18H17NO. The molecule has 3 rings (SSSR count). The molecule has 100 valence electrons. The van der Waals surface area contributed by atoms with Crippen LogP contribution in [0.1, 0.15) is 23.7 Å². The predicted molar refractivity (Wildman–Crippen MR) is 81.5 cm³/mol. The van der Waals surface area contributed by atoms with Gasteiger partial charge in [-0.05, 0) is 42.2 Å². The lowest BCUT2D eigenvalue weighted by Gasteiger charge is -2.11. The summed E-state index contributed by atoms with van der Waals surface area (Å²) >= 11 is 0. The summed E-state index contributed by atoms with van der Waals surface area (Å²) in [6, 6.07) is 20.2. The molecule has 3 aromatic rings. The fraction of sp³-hybridized carbons (Fsp3) is 0.167. The molecule has 2 heteroatoms. The lowest BCUT2D eigenvalue weighted by atomic mass is 10.00. The van der Waals surface area contributed by atoms with E-state index in [1.807, 2.05) is 48.5 Å². The van der Waals surface area contributed by atoms with Crippen molar-refractivity contribution in [3.8, 4) is 0 Å². The number of aliphatic hydroxyl groups is 1. The average molecular weight is 263 g/mol. The van der Waals surface area contributed by atoms with Gasteiger partial charge < -0.3 is 5.11 Å². The van der Waals surface area contributed by atoms with E-state index in [0.717, 1.165) is 29.3 Å². The van der Waals surface area contributed by atoms with Crippen LogP contribution >= 0.6 is 0 Å². The second-order valence-corrected chi connectivity index (χ2v) is 5.00. The van der Waals surface area contributed by atoms with Crippen LogP contribution in [-0.2, 0) is 6.42 Å². The minimum absolute atomic E-state index is 0.431. The molecule has 20 heavy (non-hydrogen) atoms. The van der Waals surface area contributed by atoms with Gasteiger partial charge in [0, 0.05) is 11.6 Å². The maximum absolute atomic E-state index is 10.3. The van der Waals surface area contributed by atoms with Crippen molar-refractivity contribution in [2.24, 2.45) is 0 Å².